The highest BCUT2D eigenvalue weighted by atomic mass is 16.4. The SMILES string of the molecule is CN1CCCC2CN(Cc3cccc(B(O)O)c3)CCC21. The number of hydrogen-bond acceptors (Lipinski definition) is 4. The van der Waals surface area contributed by atoms with Gasteiger partial charge in [-0.25, -0.2) is 0 Å². The van der Waals surface area contributed by atoms with E-state index < -0.39 is 7.12 Å². The van der Waals surface area contributed by atoms with Crippen molar-refractivity contribution in [2.75, 3.05) is 26.7 Å². The van der Waals surface area contributed by atoms with Crippen molar-refractivity contribution in [1.82, 2.24) is 9.80 Å². The molecular formula is C16H25BN2O2. The Bertz CT molecular complexity index is 483. The van der Waals surface area contributed by atoms with Gasteiger partial charge in [-0.1, -0.05) is 24.3 Å². The van der Waals surface area contributed by atoms with Crippen LogP contribution >= 0.6 is 0 Å². The highest BCUT2D eigenvalue weighted by molar-refractivity contribution is 6.58. The molecule has 0 aliphatic carbocycles. The van der Waals surface area contributed by atoms with E-state index in [0.717, 1.165) is 25.0 Å². The normalized spacial score (nSPS) is 27.4. The monoisotopic (exact) mass is 288 g/mol. The molecule has 114 valence electrons. The largest absolute Gasteiger partial charge is 0.488 e. The summed E-state index contributed by atoms with van der Waals surface area (Å²) in [4.78, 5) is 5.05. The Hall–Kier alpha value is -0.875. The molecule has 4 nitrogen and oxygen atoms in total. The van der Waals surface area contributed by atoms with Gasteiger partial charge in [-0.3, -0.25) is 4.90 Å². The van der Waals surface area contributed by atoms with Crippen LogP contribution in [-0.2, 0) is 6.54 Å². The minimum Gasteiger partial charge on any atom is -0.423 e. The maximum Gasteiger partial charge on any atom is 0.488 e. The third kappa shape index (κ3) is 3.48. The zero-order chi connectivity index (χ0) is 14.8. The maximum atomic E-state index is 9.27. The molecule has 5 heteroatoms. The highest BCUT2D eigenvalue weighted by Gasteiger charge is 2.34. The Kier molecular flexibility index (Phi) is 4.64. The van der Waals surface area contributed by atoms with Crippen molar-refractivity contribution in [3.8, 4) is 0 Å². The quantitative estimate of drug-likeness (QED) is 0.785. The average molecular weight is 288 g/mol. The summed E-state index contributed by atoms with van der Waals surface area (Å²) in [6, 6.07) is 8.41. The molecule has 0 bridgehead atoms. The molecule has 21 heavy (non-hydrogen) atoms. The number of fused-ring (bicyclic) bond motifs is 1. The summed E-state index contributed by atoms with van der Waals surface area (Å²) < 4.78 is 0. The number of benzene rings is 1. The van der Waals surface area contributed by atoms with Crippen molar-refractivity contribution in [3.63, 3.8) is 0 Å². The van der Waals surface area contributed by atoms with E-state index in [1.807, 2.05) is 12.1 Å². The molecule has 2 fully saturated rings. The molecule has 1 aromatic rings. The zero-order valence-electron chi connectivity index (χ0n) is 12.8. The van der Waals surface area contributed by atoms with E-state index in [1.165, 1.54) is 37.9 Å². The van der Waals surface area contributed by atoms with E-state index in [0.29, 0.717) is 5.46 Å². The van der Waals surface area contributed by atoms with Crippen LogP contribution in [0.2, 0.25) is 0 Å². The van der Waals surface area contributed by atoms with Crippen LogP contribution in [0.25, 0.3) is 0 Å². The van der Waals surface area contributed by atoms with E-state index in [2.05, 4.69) is 22.9 Å². The van der Waals surface area contributed by atoms with Crippen LogP contribution in [0, 0.1) is 5.92 Å². The van der Waals surface area contributed by atoms with Gasteiger partial charge in [-0.05, 0) is 56.3 Å². The standard InChI is InChI=1S/C16H25BN2O2/c1-18-8-3-5-14-12-19(9-7-16(14)18)11-13-4-2-6-15(10-13)17(20)21/h2,4,6,10,14,16,20-21H,3,5,7-9,11-12H2,1H3. The van der Waals surface area contributed by atoms with Crippen LogP contribution in [0.1, 0.15) is 24.8 Å². The van der Waals surface area contributed by atoms with Gasteiger partial charge in [0, 0.05) is 19.1 Å². The van der Waals surface area contributed by atoms with Crippen molar-refractivity contribution in [1.29, 1.82) is 0 Å². The lowest BCUT2D eigenvalue weighted by atomic mass is 9.79. The molecule has 0 spiro atoms. The van der Waals surface area contributed by atoms with Crippen molar-refractivity contribution in [2.24, 2.45) is 5.92 Å². The Labute approximate surface area is 127 Å². The van der Waals surface area contributed by atoms with Gasteiger partial charge in [0.05, 0.1) is 0 Å². The smallest absolute Gasteiger partial charge is 0.423 e. The minimum atomic E-state index is -1.37. The molecule has 2 atom stereocenters. The Morgan fingerprint density at radius 1 is 1.24 bits per heavy atom. The fourth-order valence-electron chi connectivity index (χ4n) is 3.98. The molecule has 0 amide bonds. The van der Waals surface area contributed by atoms with Crippen LogP contribution in [0.15, 0.2) is 24.3 Å². The summed E-state index contributed by atoms with van der Waals surface area (Å²) in [5.74, 6) is 0.795. The predicted octanol–water partition coefficient (Wildman–Crippen LogP) is 0.283. The second-order valence-corrected chi connectivity index (χ2v) is 6.59. The molecule has 0 saturated carbocycles. The van der Waals surface area contributed by atoms with Gasteiger partial charge in [-0.2, -0.15) is 0 Å². The molecule has 3 rings (SSSR count). The van der Waals surface area contributed by atoms with Gasteiger partial charge in [0.2, 0.25) is 0 Å². The van der Waals surface area contributed by atoms with Gasteiger partial charge in [0.1, 0.15) is 0 Å². The van der Waals surface area contributed by atoms with Gasteiger partial charge in [-0.15, -0.1) is 0 Å². The number of hydrogen-bond donors (Lipinski definition) is 2. The lowest BCUT2D eigenvalue weighted by molar-refractivity contribution is 0.0355. The number of nitrogens with zero attached hydrogens (tertiary/aromatic N) is 2. The summed E-state index contributed by atoms with van der Waals surface area (Å²) in [5.41, 5.74) is 1.75. The summed E-state index contributed by atoms with van der Waals surface area (Å²) in [6.07, 6.45) is 3.92. The topological polar surface area (TPSA) is 46.9 Å². The number of likely N-dealkylation sites (tertiary alicyclic amines) is 2. The minimum absolute atomic E-state index is 0.583. The van der Waals surface area contributed by atoms with E-state index in [-0.39, 0.29) is 0 Å². The Balaban J connectivity index is 1.62. The van der Waals surface area contributed by atoms with E-state index >= 15 is 0 Å². The highest BCUT2D eigenvalue weighted by Crippen LogP contribution is 2.30. The maximum absolute atomic E-state index is 9.27. The molecule has 0 radical (unpaired) electrons. The van der Waals surface area contributed by atoms with Gasteiger partial charge in [0.15, 0.2) is 0 Å². The molecular weight excluding hydrogens is 263 g/mol. The molecule has 2 N–H and O–H groups in total. The third-order valence-electron chi connectivity index (χ3n) is 5.09. The second-order valence-electron chi connectivity index (χ2n) is 6.59. The summed E-state index contributed by atoms with van der Waals surface area (Å²) >= 11 is 0. The van der Waals surface area contributed by atoms with Crippen molar-refractivity contribution in [3.05, 3.63) is 29.8 Å². The first-order chi connectivity index (χ1) is 10.1. The summed E-state index contributed by atoms with van der Waals surface area (Å²) in [5, 5.41) is 18.5. The molecule has 2 heterocycles. The number of rotatable bonds is 3. The lowest BCUT2D eigenvalue weighted by Crippen LogP contribution is -2.52. The molecule has 1 aromatic carbocycles. The molecule has 2 saturated heterocycles. The Morgan fingerprint density at radius 2 is 2.10 bits per heavy atom. The fraction of sp³-hybridized carbons (Fsp3) is 0.625. The van der Waals surface area contributed by atoms with Crippen LogP contribution in [0.4, 0.5) is 0 Å². The molecule has 2 aliphatic rings. The first kappa shape index (κ1) is 15.0. The summed E-state index contributed by atoms with van der Waals surface area (Å²) in [6.45, 7) is 4.46. The van der Waals surface area contributed by atoms with Gasteiger partial charge in [0.25, 0.3) is 0 Å². The Morgan fingerprint density at radius 3 is 2.90 bits per heavy atom. The van der Waals surface area contributed by atoms with Crippen molar-refractivity contribution < 1.29 is 10.0 Å². The van der Waals surface area contributed by atoms with Gasteiger partial charge < -0.3 is 14.9 Å². The lowest BCUT2D eigenvalue weighted by Gasteiger charge is -2.46. The van der Waals surface area contributed by atoms with Crippen molar-refractivity contribution >= 4 is 12.6 Å². The van der Waals surface area contributed by atoms with E-state index in [4.69, 9.17) is 0 Å². The van der Waals surface area contributed by atoms with Crippen LogP contribution in [-0.4, -0.2) is 59.7 Å². The fourth-order valence-corrected chi connectivity index (χ4v) is 3.98. The van der Waals surface area contributed by atoms with Crippen LogP contribution < -0.4 is 5.46 Å². The van der Waals surface area contributed by atoms with Crippen LogP contribution in [0.3, 0.4) is 0 Å². The number of piperidine rings is 2. The van der Waals surface area contributed by atoms with E-state index in [9.17, 15) is 10.0 Å². The van der Waals surface area contributed by atoms with E-state index in [1.54, 1.807) is 6.07 Å². The van der Waals surface area contributed by atoms with Crippen molar-refractivity contribution in [2.45, 2.75) is 31.8 Å². The van der Waals surface area contributed by atoms with Gasteiger partial charge >= 0.3 is 7.12 Å². The average Bonchev–Trinajstić information content (AvgIpc) is 2.47. The zero-order valence-corrected chi connectivity index (χ0v) is 12.8. The molecule has 0 aromatic heterocycles. The predicted molar refractivity (Wildman–Crippen MR) is 85.3 cm³/mol. The molecule has 2 aliphatic heterocycles. The first-order valence-electron chi connectivity index (χ1n) is 8.01. The first-order valence-corrected chi connectivity index (χ1v) is 8.01. The molecule has 2 unspecified atom stereocenters. The van der Waals surface area contributed by atoms with Crippen LogP contribution in [0.5, 0.6) is 0 Å². The summed E-state index contributed by atoms with van der Waals surface area (Å²) in [7, 11) is 0.890. The second kappa shape index (κ2) is 6.49. The third-order valence-corrected chi connectivity index (χ3v) is 5.09.